The van der Waals surface area contributed by atoms with Crippen molar-refractivity contribution in [3.8, 4) is 5.75 Å². The Kier molecular flexibility index (Phi) is 6.68. The molecule has 0 aromatic heterocycles. The van der Waals surface area contributed by atoms with E-state index in [0.29, 0.717) is 12.3 Å². The fraction of sp³-hybridized carbons (Fsp3) is 0.136. The van der Waals surface area contributed by atoms with Gasteiger partial charge in [-0.25, -0.2) is 12.8 Å². The second kappa shape index (κ2) is 9.41. The van der Waals surface area contributed by atoms with E-state index in [0.717, 1.165) is 11.1 Å². The Bertz CT molecular complexity index is 1100. The molecule has 0 radical (unpaired) electrons. The average Bonchev–Trinajstić information content (AvgIpc) is 2.73. The number of anilines is 1. The van der Waals surface area contributed by atoms with Crippen molar-refractivity contribution in [3.05, 3.63) is 89.7 Å². The minimum absolute atomic E-state index is 0.0167. The first kappa shape index (κ1) is 21.3. The van der Waals surface area contributed by atoms with Crippen LogP contribution in [0.2, 0.25) is 0 Å². The quantitative estimate of drug-likeness (QED) is 0.574. The number of amides is 1. The van der Waals surface area contributed by atoms with E-state index >= 15 is 0 Å². The van der Waals surface area contributed by atoms with Crippen molar-refractivity contribution in [1.29, 1.82) is 0 Å². The highest BCUT2D eigenvalue weighted by Gasteiger charge is 2.14. The summed E-state index contributed by atoms with van der Waals surface area (Å²) in [7, 11) is -3.82. The molecular formula is C22H21FN2O4S. The second-order valence-corrected chi connectivity index (χ2v) is 8.32. The number of benzene rings is 3. The lowest BCUT2D eigenvalue weighted by molar-refractivity contribution is -0.123. The van der Waals surface area contributed by atoms with Gasteiger partial charge in [0.1, 0.15) is 11.6 Å². The van der Waals surface area contributed by atoms with Gasteiger partial charge in [-0.15, -0.1) is 0 Å². The Morgan fingerprint density at radius 3 is 2.20 bits per heavy atom. The van der Waals surface area contributed by atoms with Crippen molar-refractivity contribution >= 4 is 21.6 Å². The number of carbonyl (C=O) groups excluding carboxylic acids is 1. The average molecular weight is 428 g/mol. The van der Waals surface area contributed by atoms with Crippen LogP contribution in [0.25, 0.3) is 0 Å². The van der Waals surface area contributed by atoms with Crippen molar-refractivity contribution in [2.75, 3.05) is 11.3 Å². The van der Waals surface area contributed by atoms with Crippen LogP contribution >= 0.6 is 0 Å². The van der Waals surface area contributed by atoms with Gasteiger partial charge >= 0.3 is 0 Å². The third kappa shape index (κ3) is 6.05. The molecule has 0 spiro atoms. The number of rotatable bonds is 8. The van der Waals surface area contributed by atoms with Gasteiger partial charge in [0.25, 0.3) is 15.9 Å². The molecule has 2 N–H and O–H groups in total. The van der Waals surface area contributed by atoms with E-state index in [4.69, 9.17) is 4.74 Å². The maximum Gasteiger partial charge on any atom is 0.261 e. The van der Waals surface area contributed by atoms with E-state index in [1.807, 2.05) is 31.2 Å². The van der Waals surface area contributed by atoms with E-state index in [9.17, 15) is 17.6 Å². The molecule has 30 heavy (non-hydrogen) atoms. The number of hydrogen-bond donors (Lipinski definition) is 2. The molecule has 0 saturated carbocycles. The Labute approximate surface area is 174 Å². The summed E-state index contributed by atoms with van der Waals surface area (Å²) in [6.07, 6.45) is 0. The zero-order valence-corrected chi connectivity index (χ0v) is 17.1. The van der Waals surface area contributed by atoms with E-state index in [2.05, 4.69) is 10.0 Å². The van der Waals surface area contributed by atoms with Gasteiger partial charge < -0.3 is 10.1 Å². The molecule has 0 aliphatic heterocycles. The highest BCUT2D eigenvalue weighted by atomic mass is 32.2. The Morgan fingerprint density at radius 2 is 1.57 bits per heavy atom. The standard InChI is InChI=1S/C22H21FN2O4S/c1-16-2-4-17(5-3-16)14-24-22(26)15-29-20-10-12-21(13-11-20)30(27,28)25-19-8-6-18(23)7-9-19/h2-13,25H,14-15H2,1H3,(H,24,26). The second-order valence-electron chi connectivity index (χ2n) is 6.63. The first-order valence-electron chi connectivity index (χ1n) is 9.15. The first-order chi connectivity index (χ1) is 14.3. The smallest absolute Gasteiger partial charge is 0.261 e. The molecule has 156 valence electrons. The Hall–Kier alpha value is -3.39. The van der Waals surface area contributed by atoms with E-state index in [-0.39, 0.29) is 23.1 Å². The molecule has 3 aromatic rings. The van der Waals surface area contributed by atoms with E-state index in [1.165, 1.54) is 48.5 Å². The molecule has 3 aromatic carbocycles. The zero-order valence-electron chi connectivity index (χ0n) is 16.3. The molecule has 8 heteroatoms. The van der Waals surface area contributed by atoms with Crippen LogP contribution in [0.3, 0.4) is 0 Å². The molecule has 0 aliphatic rings. The summed E-state index contributed by atoms with van der Waals surface area (Å²) in [5.41, 5.74) is 2.38. The number of halogens is 1. The topological polar surface area (TPSA) is 84.5 Å². The van der Waals surface area contributed by atoms with E-state index in [1.54, 1.807) is 0 Å². The summed E-state index contributed by atoms with van der Waals surface area (Å²) in [5, 5.41) is 2.76. The molecule has 0 saturated heterocycles. The monoisotopic (exact) mass is 428 g/mol. The molecular weight excluding hydrogens is 407 g/mol. The fourth-order valence-corrected chi connectivity index (χ4v) is 3.61. The van der Waals surface area contributed by atoms with E-state index < -0.39 is 15.8 Å². The summed E-state index contributed by atoms with van der Waals surface area (Å²) in [4.78, 5) is 12.0. The summed E-state index contributed by atoms with van der Waals surface area (Å²) in [6.45, 7) is 2.20. The molecule has 0 bridgehead atoms. The maximum absolute atomic E-state index is 12.9. The normalized spacial score (nSPS) is 11.0. The molecule has 0 heterocycles. The largest absolute Gasteiger partial charge is 0.484 e. The molecule has 1 amide bonds. The highest BCUT2D eigenvalue weighted by Crippen LogP contribution is 2.19. The van der Waals surface area contributed by atoms with Crippen LogP contribution in [-0.4, -0.2) is 20.9 Å². The van der Waals surface area contributed by atoms with Gasteiger partial charge in [0.15, 0.2) is 6.61 Å². The first-order valence-corrected chi connectivity index (χ1v) is 10.6. The van der Waals surface area contributed by atoms with Crippen LogP contribution in [0.15, 0.2) is 77.7 Å². The predicted molar refractivity (Wildman–Crippen MR) is 112 cm³/mol. The van der Waals surface area contributed by atoms with Gasteiger partial charge in [-0.3, -0.25) is 9.52 Å². The lowest BCUT2D eigenvalue weighted by atomic mass is 10.1. The number of hydrogen-bond acceptors (Lipinski definition) is 4. The molecule has 6 nitrogen and oxygen atoms in total. The summed E-state index contributed by atoms with van der Waals surface area (Å²) in [5.74, 6) is -0.381. The Morgan fingerprint density at radius 1 is 0.933 bits per heavy atom. The number of ether oxygens (including phenoxy) is 1. The lowest BCUT2D eigenvalue weighted by Gasteiger charge is -2.10. The minimum atomic E-state index is -3.82. The lowest BCUT2D eigenvalue weighted by Crippen LogP contribution is -2.28. The van der Waals surface area contributed by atoms with Crippen molar-refractivity contribution in [3.63, 3.8) is 0 Å². The zero-order chi connectivity index (χ0) is 21.6. The summed E-state index contributed by atoms with van der Waals surface area (Å²) in [6, 6.07) is 18.5. The van der Waals surface area contributed by atoms with Gasteiger partial charge in [-0.05, 0) is 61.0 Å². The summed E-state index contributed by atoms with van der Waals surface area (Å²) < 4.78 is 45.5. The van der Waals surface area contributed by atoms with Crippen LogP contribution in [0.5, 0.6) is 5.75 Å². The van der Waals surface area contributed by atoms with Crippen LogP contribution < -0.4 is 14.8 Å². The summed E-state index contributed by atoms with van der Waals surface area (Å²) >= 11 is 0. The van der Waals surface area contributed by atoms with Crippen molar-refractivity contribution < 1.29 is 22.3 Å². The van der Waals surface area contributed by atoms with Gasteiger partial charge in [0, 0.05) is 12.2 Å². The van der Waals surface area contributed by atoms with Crippen LogP contribution in [0.1, 0.15) is 11.1 Å². The Balaban J connectivity index is 1.51. The van der Waals surface area contributed by atoms with Crippen LogP contribution in [-0.2, 0) is 21.4 Å². The molecule has 0 fully saturated rings. The SMILES string of the molecule is Cc1ccc(CNC(=O)COc2ccc(S(=O)(=O)Nc3ccc(F)cc3)cc2)cc1. The van der Waals surface area contributed by atoms with Gasteiger partial charge in [-0.2, -0.15) is 0 Å². The van der Waals surface area contributed by atoms with Crippen LogP contribution in [0, 0.1) is 12.7 Å². The number of nitrogens with one attached hydrogen (secondary N) is 2. The van der Waals surface area contributed by atoms with Crippen molar-refractivity contribution in [2.24, 2.45) is 0 Å². The fourth-order valence-electron chi connectivity index (χ4n) is 2.55. The van der Waals surface area contributed by atoms with Gasteiger partial charge in [-0.1, -0.05) is 29.8 Å². The highest BCUT2D eigenvalue weighted by molar-refractivity contribution is 7.92. The molecule has 0 atom stereocenters. The number of aryl methyl sites for hydroxylation is 1. The van der Waals surface area contributed by atoms with Crippen LogP contribution in [0.4, 0.5) is 10.1 Å². The predicted octanol–water partition coefficient (Wildman–Crippen LogP) is 3.63. The minimum Gasteiger partial charge on any atom is -0.484 e. The van der Waals surface area contributed by atoms with Crippen molar-refractivity contribution in [2.45, 2.75) is 18.4 Å². The molecule has 0 aliphatic carbocycles. The maximum atomic E-state index is 12.9. The third-order valence-electron chi connectivity index (χ3n) is 4.21. The van der Waals surface area contributed by atoms with Crippen molar-refractivity contribution in [1.82, 2.24) is 5.32 Å². The molecule has 3 rings (SSSR count). The third-order valence-corrected chi connectivity index (χ3v) is 5.61. The number of carbonyl (C=O) groups is 1. The van der Waals surface area contributed by atoms with Gasteiger partial charge in [0.05, 0.1) is 4.90 Å². The molecule has 0 unspecified atom stereocenters. The van der Waals surface area contributed by atoms with Gasteiger partial charge in [0.2, 0.25) is 0 Å². The number of sulfonamides is 1.